The van der Waals surface area contributed by atoms with E-state index >= 15 is 0 Å². The largest absolute Gasteiger partial charge is 0.452 e. The fraction of sp³-hybridized carbons (Fsp3) is 0.429. The van der Waals surface area contributed by atoms with E-state index in [1.165, 1.54) is 17.0 Å². The maximum absolute atomic E-state index is 11.9. The summed E-state index contributed by atoms with van der Waals surface area (Å²) in [5.41, 5.74) is -0.0533. The Hall–Kier alpha value is -1.64. The van der Waals surface area contributed by atoms with Gasteiger partial charge >= 0.3 is 5.97 Å². The van der Waals surface area contributed by atoms with Crippen molar-refractivity contribution >= 4 is 33.5 Å². The van der Waals surface area contributed by atoms with Crippen molar-refractivity contribution in [2.24, 2.45) is 5.14 Å². The minimum absolute atomic E-state index is 0.0533. The molecule has 7 nitrogen and oxygen atoms in total. The Morgan fingerprint density at radius 2 is 2.00 bits per heavy atom. The number of benzene rings is 1. The number of carbonyl (C=O) groups is 2. The fourth-order valence-electron chi connectivity index (χ4n) is 1.69. The minimum atomic E-state index is -4.06. The molecule has 0 unspecified atom stereocenters. The van der Waals surface area contributed by atoms with Gasteiger partial charge in [-0.05, 0) is 24.6 Å². The molecule has 0 bridgehead atoms. The van der Waals surface area contributed by atoms with E-state index < -0.39 is 22.6 Å². The second-order valence-corrected chi connectivity index (χ2v) is 6.87. The van der Waals surface area contributed by atoms with Gasteiger partial charge in [0.25, 0.3) is 5.91 Å². The zero-order chi connectivity index (χ0) is 17.6. The van der Waals surface area contributed by atoms with Gasteiger partial charge in [-0.2, -0.15) is 0 Å². The van der Waals surface area contributed by atoms with Crippen LogP contribution in [0.5, 0.6) is 0 Å². The Labute approximate surface area is 140 Å². The predicted octanol–water partition coefficient (Wildman–Crippen LogP) is 1.40. The molecule has 0 spiro atoms. The van der Waals surface area contributed by atoms with Crippen LogP contribution < -0.4 is 5.14 Å². The Morgan fingerprint density at radius 1 is 1.35 bits per heavy atom. The molecule has 0 atom stereocenters. The van der Waals surface area contributed by atoms with Crippen LogP contribution in [0.3, 0.4) is 0 Å². The molecule has 0 saturated heterocycles. The highest BCUT2D eigenvalue weighted by Crippen LogP contribution is 2.21. The minimum Gasteiger partial charge on any atom is -0.452 e. The van der Waals surface area contributed by atoms with Crippen LogP contribution in [-0.2, 0) is 19.6 Å². The van der Waals surface area contributed by atoms with Crippen molar-refractivity contribution in [2.75, 3.05) is 20.2 Å². The highest BCUT2D eigenvalue weighted by molar-refractivity contribution is 7.89. The highest BCUT2D eigenvalue weighted by Gasteiger charge is 2.18. The maximum atomic E-state index is 11.9. The van der Waals surface area contributed by atoms with Crippen LogP contribution in [0.25, 0.3) is 0 Å². The smallest absolute Gasteiger partial charge is 0.338 e. The van der Waals surface area contributed by atoms with Crippen LogP contribution in [0.15, 0.2) is 23.1 Å². The first-order valence-corrected chi connectivity index (χ1v) is 8.82. The number of unbranched alkanes of at least 4 members (excludes halogenated alkanes) is 1. The van der Waals surface area contributed by atoms with Crippen molar-refractivity contribution in [3.63, 3.8) is 0 Å². The van der Waals surface area contributed by atoms with Crippen molar-refractivity contribution in [2.45, 2.75) is 24.7 Å². The number of nitrogens with zero attached hydrogens (tertiary/aromatic N) is 1. The number of halogens is 1. The Balaban J connectivity index is 2.74. The first-order valence-electron chi connectivity index (χ1n) is 6.90. The number of rotatable bonds is 7. The lowest BCUT2D eigenvalue weighted by atomic mass is 10.2. The van der Waals surface area contributed by atoms with E-state index in [9.17, 15) is 18.0 Å². The second kappa shape index (κ2) is 8.28. The van der Waals surface area contributed by atoms with Gasteiger partial charge in [0.2, 0.25) is 10.0 Å². The van der Waals surface area contributed by atoms with Gasteiger partial charge in [-0.25, -0.2) is 18.4 Å². The van der Waals surface area contributed by atoms with E-state index in [4.69, 9.17) is 21.5 Å². The molecule has 0 saturated carbocycles. The van der Waals surface area contributed by atoms with Gasteiger partial charge in [-0.15, -0.1) is 0 Å². The second-order valence-electron chi connectivity index (χ2n) is 4.94. The Bertz CT molecular complexity index is 690. The molecule has 1 amide bonds. The third-order valence-corrected chi connectivity index (χ3v) is 4.47. The van der Waals surface area contributed by atoms with Crippen LogP contribution in [0.2, 0.25) is 5.02 Å². The standard InChI is InChI=1S/C14H19ClN2O5S/c1-3-4-7-17(2)13(18)9-22-14(19)10-5-6-11(15)12(8-10)23(16,20)21/h5-6,8H,3-4,7,9H2,1-2H3,(H2,16,20,21). The third kappa shape index (κ3) is 5.81. The fourth-order valence-corrected chi connectivity index (χ4v) is 2.76. The van der Waals surface area contributed by atoms with Crippen LogP contribution >= 0.6 is 11.6 Å². The van der Waals surface area contributed by atoms with E-state index in [1.54, 1.807) is 7.05 Å². The lowest BCUT2D eigenvalue weighted by Gasteiger charge is -2.16. The number of nitrogens with two attached hydrogens (primary N) is 1. The van der Waals surface area contributed by atoms with E-state index in [2.05, 4.69) is 0 Å². The molecule has 128 valence electrons. The molecule has 23 heavy (non-hydrogen) atoms. The molecule has 0 aromatic heterocycles. The van der Waals surface area contributed by atoms with Crippen molar-refractivity contribution in [1.82, 2.24) is 4.90 Å². The third-order valence-electron chi connectivity index (χ3n) is 3.07. The van der Waals surface area contributed by atoms with Crippen molar-refractivity contribution in [1.29, 1.82) is 0 Å². The summed E-state index contributed by atoms with van der Waals surface area (Å²) in [5, 5.41) is 4.91. The topological polar surface area (TPSA) is 107 Å². The molecule has 0 aliphatic heterocycles. The summed E-state index contributed by atoms with van der Waals surface area (Å²) in [7, 11) is -2.44. The number of amides is 1. The predicted molar refractivity (Wildman–Crippen MR) is 85.7 cm³/mol. The maximum Gasteiger partial charge on any atom is 0.338 e. The molecule has 1 rings (SSSR count). The number of sulfonamides is 1. The van der Waals surface area contributed by atoms with E-state index in [-0.39, 0.29) is 21.4 Å². The van der Waals surface area contributed by atoms with Crippen LogP contribution in [0, 0.1) is 0 Å². The molecule has 0 aliphatic carbocycles. The lowest BCUT2D eigenvalue weighted by molar-refractivity contribution is -0.133. The first-order chi connectivity index (χ1) is 10.7. The summed E-state index contributed by atoms with van der Waals surface area (Å²) in [6, 6.07) is 3.54. The van der Waals surface area contributed by atoms with Gasteiger partial charge in [0.1, 0.15) is 4.90 Å². The molecule has 2 N–H and O–H groups in total. The first kappa shape index (κ1) is 19.4. The van der Waals surface area contributed by atoms with Crippen molar-refractivity contribution in [3.8, 4) is 0 Å². The lowest BCUT2D eigenvalue weighted by Crippen LogP contribution is -2.32. The highest BCUT2D eigenvalue weighted by atomic mass is 35.5. The molecule has 0 aliphatic rings. The molecule has 0 heterocycles. The number of carbonyl (C=O) groups excluding carboxylic acids is 2. The number of primary sulfonamides is 1. The van der Waals surface area contributed by atoms with Gasteiger partial charge in [0.15, 0.2) is 6.61 Å². The summed E-state index contributed by atoms with van der Waals surface area (Å²) < 4.78 is 27.6. The molecule has 1 aromatic carbocycles. The molecular weight excluding hydrogens is 344 g/mol. The summed E-state index contributed by atoms with van der Waals surface area (Å²) >= 11 is 5.73. The van der Waals surface area contributed by atoms with Crippen molar-refractivity contribution < 1.29 is 22.7 Å². The number of hydrogen-bond acceptors (Lipinski definition) is 5. The van der Waals surface area contributed by atoms with E-state index in [1.807, 2.05) is 6.92 Å². The zero-order valence-corrected chi connectivity index (χ0v) is 14.5. The van der Waals surface area contributed by atoms with Gasteiger partial charge in [0, 0.05) is 13.6 Å². The monoisotopic (exact) mass is 362 g/mol. The van der Waals surface area contributed by atoms with E-state index in [0.29, 0.717) is 6.54 Å². The van der Waals surface area contributed by atoms with Gasteiger partial charge in [-0.3, -0.25) is 4.79 Å². The van der Waals surface area contributed by atoms with Gasteiger partial charge in [0.05, 0.1) is 10.6 Å². The quantitative estimate of drug-likeness (QED) is 0.738. The molecule has 0 radical (unpaired) electrons. The molecular formula is C14H19ClN2O5S. The normalized spacial score (nSPS) is 11.1. The van der Waals surface area contributed by atoms with E-state index in [0.717, 1.165) is 18.9 Å². The van der Waals surface area contributed by atoms with Crippen LogP contribution in [0.1, 0.15) is 30.1 Å². The average molecular weight is 363 g/mol. The Kier molecular flexibility index (Phi) is 6.99. The zero-order valence-electron chi connectivity index (χ0n) is 12.9. The molecule has 1 aromatic rings. The Morgan fingerprint density at radius 3 is 2.57 bits per heavy atom. The SMILES string of the molecule is CCCCN(C)C(=O)COC(=O)c1ccc(Cl)c(S(N)(=O)=O)c1. The van der Waals surface area contributed by atoms with Crippen LogP contribution in [0.4, 0.5) is 0 Å². The summed E-state index contributed by atoms with van der Waals surface area (Å²) in [4.78, 5) is 24.8. The number of hydrogen-bond donors (Lipinski definition) is 1. The number of esters is 1. The molecule has 0 fully saturated rings. The van der Waals surface area contributed by atoms with Crippen LogP contribution in [-0.4, -0.2) is 45.4 Å². The summed E-state index contributed by atoms with van der Waals surface area (Å²) in [6.07, 6.45) is 1.80. The summed E-state index contributed by atoms with van der Waals surface area (Å²) in [5.74, 6) is -1.17. The van der Waals surface area contributed by atoms with Gasteiger partial charge in [-0.1, -0.05) is 24.9 Å². The number of likely N-dealkylation sites (N-methyl/N-ethyl adjacent to an activating group) is 1. The van der Waals surface area contributed by atoms with Crippen molar-refractivity contribution in [3.05, 3.63) is 28.8 Å². The molecule has 9 heteroatoms. The average Bonchev–Trinajstić information content (AvgIpc) is 2.49. The summed E-state index contributed by atoms with van der Waals surface area (Å²) in [6.45, 7) is 2.15. The number of ether oxygens (including phenoxy) is 1. The van der Waals surface area contributed by atoms with Gasteiger partial charge < -0.3 is 9.64 Å².